The average Bonchev–Trinajstić information content (AvgIpc) is 2.83. The first-order valence-electron chi connectivity index (χ1n) is 7.06. The summed E-state index contributed by atoms with van der Waals surface area (Å²) in [7, 11) is 0. The van der Waals surface area contributed by atoms with Crippen LogP contribution >= 0.6 is 0 Å². The molecule has 1 aromatic carbocycles. The summed E-state index contributed by atoms with van der Waals surface area (Å²) in [6.45, 7) is 5.96. The van der Waals surface area contributed by atoms with Crippen LogP contribution in [0.3, 0.4) is 0 Å². The molecule has 1 aliphatic heterocycles. The highest BCUT2D eigenvalue weighted by Gasteiger charge is 2.27. The van der Waals surface area contributed by atoms with E-state index in [0.717, 1.165) is 24.5 Å². The van der Waals surface area contributed by atoms with E-state index >= 15 is 0 Å². The highest BCUT2D eigenvalue weighted by molar-refractivity contribution is 6.02. The lowest BCUT2D eigenvalue weighted by atomic mass is 9.99. The number of aliphatic imine (C=N–C) groups is 1. The Bertz CT molecular complexity index is 751. The van der Waals surface area contributed by atoms with Gasteiger partial charge >= 0.3 is 0 Å². The van der Waals surface area contributed by atoms with E-state index < -0.39 is 5.91 Å². The van der Waals surface area contributed by atoms with Gasteiger partial charge in [0.05, 0.1) is 12.1 Å². The van der Waals surface area contributed by atoms with Gasteiger partial charge < -0.3 is 15.6 Å². The van der Waals surface area contributed by atoms with Gasteiger partial charge in [0.2, 0.25) is 0 Å². The van der Waals surface area contributed by atoms with Gasteiger partial charge in [-0.3, -0.25) is 9.79 Å². The van der Waals surface area contributed by atoms with Crippen LogP contribution in [-0.2, 0) is 19.6 Å². The van der Waals surface area contributed by atoms with E-state index in [9.17, 15) is 9.18 Å². The van der Waals surface area contributed by atoms with Crippen molar-refractivity contribution in [1.29, 1.82) is 0 Å². The summed E-state index contributed by atoms with van der Waals surface area (Å²) in [6.07, 6.45) is 0. The van der Waals surface area contributed by atoms with Crippen molar-refractivity contribution in [3.05, 3.63) is 47.0 Å². The molecule has 6 heteroatoms. The number of hydrogen-bond donors (Lipinski definition) is 2. The van der Waals surface area contributed by atoms with Gasteiger partial charge in [0.25, 0.3) is 5.91 Å². The summed E-state index contributed by atoms with van der Waals surface area (Å²) in [4.78, 5) is 16.0. The van der Waals surface area contributed by atoms with Crippen molar-refractivity contribution >= 4 is 12.6 Å². The minimum Gasteiger partial charge on any atom is -0.366 e. The Balaban J connectivity index is 2.32. The predicted molar refractivity (Wildman–Crippen MR) is 83.3 cm³/mol. The molecule has 0 fully saturated rings. The second-order valence-corrected chi connectivity index (χ2v) is 5.23. The number of nitrogens with one attached hydrogen (secondary N) is 1. The molecule has 1 amide bonds. The summed E-state index contributed by atoms with van der Waals surface area (Å²) >= 11 is 0. The van der Waals surface area contributed by atoms with Crippen molar-refractivity contribution in [2.24, 2.45) is 10.7 Å². The molecule has 0 radical (unpaired) electrons. The highest BCUT2D eigenvalue weighted by Crippen LogP contribution is 2.34. The van der Waals surface area contributed by atoms with Crippen LogP contribution in [0.5, 0.6) is 0 Å². The molecule has 0 bridgehead atoms. The number of halogens is 1. The molecule has 0 saturated carbocycles. The molecule has 22 heavy (non-hydrogen) atoms. The van der Waals surface area contributed by atoms with Gasteiger partial charge in [-0.1, -0.05) is 12.1 Å². The molecule has 2 heterocycles. The molecule has 3 N–H and O–H groups in total. The first-order valence-corrected chi connectivity index (χ1v) is 7.06. The Morgan fingerprint density at radius 1 is 1.50 bits per heavy atom. The third-order valence-corrected chi connectivity index (χ3v) is 3.90. The van der Waals surface area contributed by atoms with Crippen molar-refractivity contribution in [2.75, 3.05) is 6.54 Å². The smallest absolute Gasteiger partial charge is 0.251 e. The number of carbonyl (C=O) groups excluding carboxylic acids is 1. The van der Waals surface area contributed by atoms with Crippen LogP contribution < -0.4 is 11.1 Å². The van der Waals surface area contributed by atoms with Crippen LogP contribution in [0.25, 0.3) is 11.1 Å². The lowest BCUT2D eigenvalue weighted by molar-refractivity contribution is 0.0999. The van der Waals surface area contributed by atoms with Gasteiger partial charge in [0.1, 0.15) is 5.82 Å². The van der Waals surface area contributed by atoms with Crippen LogP contribution in [0.4, 0.5) is 4.39 Å². The van der Waals surface area contributed by atoms with Crippen molar-refractivity contribution in [1.82, 2.24) is 9.88 Å². The Morgan fingerprint density at radius 3 is 3.00 bits per heavy atom. The quantitative estimate of drug-likeness (QED) is 0.844. The number of primary amides is 1. The SMILES string of the molecule is C=NCc1c(-c2cccc(F)c2)c(C(N)=O)c2n1CCNC2. The van der Waals surface area contributed by atoms with Gasteiger partial charge in [-0.25, -0.2) is 4.39 Å². The van der Waals surface area contributed by atoms with E-state index in [1.807, 2.05) is 4.57 Å². The van der Waals surface area contributed by atoms with Crippen LogP contribution in [0.15, 0.2) is 29.3 Å². The molecule has 5 nitrogen and oxygen atoms in total. The maximum atomic E-state index is 13.6. The van der Waals surface area contributed by atoms with Gasteiger partial charge in [-0.15, -0.1) is 0 Å². The number of nitrogens with two attached hydrogens (primary N) is 1. The first-order chi connectivity index (χ1) is 10.6. The van der Waals surface area contributed by atoms with Crippen molar-refractivity contribution in [3.8, 4) is 11.1 Å². The average molecular weight is 300 g/mol. The zero-order valence-corrected chi connectivity index (χ0v) is 12.1. The molecule has 1 aromatic heterocycles. The molecule has 2 aromatic rings. The summed E-state index contributed by atoms with van der Waals surface area (Å²) in [5, 5.41) is 3.23. The number of nitrogens with zero attached hydrogens (tertiary/aromatic N) is 2. The lowest BCUT2D eigenvalue weighted by Gasteiger charge is -2.19. The van der Waals surface area contributed by atoms with Crippen LogP contribution in [0.1, 0.15) is 21.7 Å². The molecule has 0 aliphatic carbocycles. The maximum Gasteiger partial charge on any atom is 0.251 e. The van der Waals surface area contributed by atoms with E-state index in [2.05, 4.69) is 17.0 Å². The van der Waals surface area contributed by atoms with E-state index in [-0.39, 0.29) is 5.82 Å². The van der Waals surface area contributed by atoms with Crippen molar-refractivity contribution in [3.63, 3.8) is 0 Å². The van der Waals surface area contributed by atoms with Gasteiger partial charge in [-0.2, -0.15) is 0 Å². The first kappa shape index (κ1) is 14.5. The van der Waals surface area contributed by atoms with E-state index in [1.165, 1.54) is 12.1 Å². The largest absolute Gasteiger partial charge is 0.366 e. The molecule has 0 atom stereocenters. The predicted octanol–water partition coefficient (Wildman–Crippen LogP) is 1.70. The zero-order valence-electron chi connectivity index (χ0n) is 12.1. The Labute approximate surface area is 127 Å². The van der Waals surface area contributed by atoms with Crippen molar-refractivity contribution in [2.45, 2.75) is 19.6 Å². The molecule has 114 valence electrons. The minimum atomic E-state index is -0.512. The number of fused-ring (bicyclic) bond motifs is 1. The number of amides is 1. The Hall–Kier alpha value is -2.47. The second kappa shape index (κ2) is 5.73. The normalized spacial score (nSPS) is 13.7. The van der Waals surface area contributed by atoms with Gasteiger partial charge in [0.15, 0.2) is 0 Å². The van der Waals surface area contributed by atoms with E-state index in [0.29, 0.717) is 29.8 Å². The number of benzene rings is 1. The van der Waals surface area contributed by atoms with Gasteiger partial charge in [-0.05, 0) is 24.4 Å². The lowest BCUT2D eigenvalue weighted by Crippen LogP contribution is -2.30. The third kappa shape index (κ3) is 2.31. The molecule has 1 aliphatic rings. The molecular weight excluding hydrogens is 283 g/mol. The minimum absolute atomic E-state index is 0.353. The second-order valence-electron chi connectivity index (χ2n) is 5.23. The van der Waals surface area contributed by atoms with Gasteiger partial charge in [0, 0.05) is 36.6 Å². The van der Waals surface area contributed by atoms with Crippen molar-refractivity contribution < 1.29 is 9.18 Å². The number of hydrogen-bond acceptors (Lipinski definition) is 3. The molecular formula is C16H17FN4O. The Kier molecular flexibility index (Phi) is 3.77. The molecule has 0 spiro atoms. The number of rotatable bonds is 4. The van der Waals surface area contributed by atoms with E-state index in [4.69, 9.17) is 5.73 Å². The van der Waals surface area contributed by atoms with Crippen LogP contribution in [0.2, 0.25) is 0 Å². The van der Waals surface area contributed by atoms with Crippen LogP contribution in [0, 0.1) is 5.82 Å². The third-order valence-electron chi connectivity index (χ3n) is 3.90. The zero-order chi connectivity index (χ0) is 15.7. The van der Waals surface area contributed by atoms with E-state index in [1.54, 1.807) is 12.1 Å². The highest BCUT2D eigenvalue weighted by atomic mass is 19.1. The number of aromatic nitrogens is 1. The standard InChI is InChI=1S/C16H17FN4O/c1-19-8-12-14(10-3-2-4-11(17)7-10)15(16(18)22)13-9-20-5-6-21(12)13/h2-4,7,20H,1,5-6,8-9H2,(H2,18,22). The molecule has 0 saturated heterocycles. The summed E-state index contributed by atoms with van der Waals surface area (Å²) in [5.74, 6) is -0.866. The number of carbonyl (C=O) groups is 1. The Morgan fingerprint density at radius 2 is 2.32 bits per heavy atom. The fourth-order valence-electron chi connectivity index (χ4n) is 3.06. The topological polar surface area (TPSA) is 72.4 Å². The monoisotopic (exact) mass is 300 g/mol. The summed E-state index contributed by atoms with van der Waals surface area (Å²) in [5.41, 5.74) is 9.03. The fraction of sp³-hybridized carbons (Fsp3) is 0.250. The molecule has 3 rings (SSSR count). The molecule has 0 unspecified atom stereocenters. The van der Waals surface area contributed by atoms with Crippen LogP contribution in [-0.4, -0.2) is 23.7 Å². The fourth-order valence-corrected chi connectivity index (χ4v) is 3.06. The maximum absolute atomic E-state index is 13.6. The summed E-state index contributed by atoms with van der Waals surface area (Å²) < 4.78 is 15.7. The summed E-state index contributed by atoms with van der Waals surface area (Å²) in [6, 6.07) is 6.18.